The van der Waals surface area contributed by atoms with Crippen LogP contribution in [0.4, 0.5) is 11.4 Å². The number of carbonyl (C=O) groups is 2. The minimum Gasteiger partial charge on any atom is -0.495 e. The second-order valence-corrected chi connectivity index (χ2v) is 7.89. The summed E-state index contributed by atoms with van der Waals surface area (Å²) in [4.78, 5) is 29.0. The van der Waals surface area contributed by atoms with Crippen molar-refractivity contribution in [3.8, 4) is 5.75 Å². The van der Waals surface area contributed by atoms with Gasteiger partial charge in [-0.3, -0.25) is 9.59 Å². The number of anilines is 2. The lowest BCUT2D eigenvalue weighted by molar-refractivity contribution is -0.120. The smallest absolute Gasteiger partial charge is 0.283 e. The number of para-hydroxylation sites is 1. The number of hydrogen-bond acceptors (Lipinski definition) is 5. The molecule has 7 heteroatoms. The number of carbonyl (C=O) groups excluding carboxylic acids is 2. The number of hydrogen-bond donors (Lipinski definition) is 1. The number of imide groups is 1. The molecular weight excluding hydrogens is 420 g/mol. The molecule has 3 aromatic carbocycles. The van der Waals surface area contributed by atoms with E-state index in [4.69, 9.17) is 16.3 Å². The Labute approximate surface area is 183 Å². The molecule has 0 radical (unpaired) electrons. The molecule has 1 aliphatic heterocycles. The van der Waals surface area contributed by atoms with Gasteiger partial charge in [0.15, 0.2) is 0 Å². The van der Waals surface area contributed by atoms with Crippen molar-refractivity contribution in [3.05, 3.63) is 94.5 Å². The lowest BCUT2D eigenvalue weighted by atomic mass is 10.2. The van der Waals surface area contributed by atoms with Crippen LogP contribution in [-0.4, -0.2) is 18.9 Å². The minimum absolute atomic E-state index is 0.210. The van der Waals surface area contributed by atoms with E-state index >= 15 is 0 Å². The first-order valence-corrected chi connectivity index (χ1v) is 10.3. The highest BCUT2D eigenvalue weighted by Crippen LogP contribution is 2.41. The summed E-state index contributed by atoms with van der Waals surface area (Å²) in [5, 5.41) is 3.51. The van der Waals surface area contributed by atoms with E-state index in [1.807, 2.05) is 60.7 Å². The number of rotatable bonds is 6. The molecular formula is C23H17ClN2O3S. The largest absolute Gasteiger partial charge is 0.495 e. The normalized spacial score (nSPS) is 13.7. The summed E-state index contributed by atoms with van der Waals surface area (Å²) in [6.07, 6.45) is 0. The van der Waals surface area contributed by atoms with E-state index in [9.17, 15) is 9.59 Å². The zero-order valence-electron chi connectivity index (χ0n) is 16.0. The Morgan fingerprint density at radius 2 is 1.57 bits per heavy atom. The third kappa shape index (κ3) is 3.92. The maximum Gasteiger partial charge on any atom is 0.283 e. The second kappa shape index (κ2) is 8.65. The number of benzene rings is 3. The Hall–Kier alpha value is -3.22. The highest BCUT2D eigenvalue weighted by Gasteiger charge is 2.41. The van der Waals surface area contributed by atoms with E-state index in [2.05, 4.69) is 5.32 Å². The molecule has 0 unspecified atom stereocenters. The fraction of sp³-hybridized carbons (Fsp3) is 0.0435. The molecule has 0 fully saturated rings. The van der Waals surface area contributed by atoms with Crippen molar-refractivity contribution in [1.29, 1.82) is 0 Å². The van der Waals surface area contributed by atoms with Gasteiger partial charge in [-0.2, -0.15) is 0 Å². The van der Waals surface area contributed by atoms with E-state index in [1.165, 1.54) is 18.9 Å². The van der Waals surface area contributed by atoms with E-state index in [0.717, 1.165) is 9.80 Å². The lowest BCUT2D eigenvalue weighted by Crippen LogP contribution is -2.32. The number of halogens is 1. The van der Waals surface area contributed by atoms with E-state index in [1.54, 1.807) is 18.2 Å². The van der Waals surface area contributed by atoms with Gasteiger partial charge >= 0.3 is 0 Å². The van der Waals surface area contributed by atoms with Crippen LogP contribution in [0.3, 0.4) is 0 Å². The maximum absolute atomic E-state index is 13.4. The van der Waals surface area contributed by atoms with Crippen LogP contribution < -0.4 is 15.0 Å². The molecule has 1 N–H and O–H groups in total. The molecule has 30 heavy (non-hydrogen) atoms. The average Bonchev–Trinajstić information content (AvgIpc) is 2.99. The summed E-state index contributed by atoms with van der Waals surface area (Å²) >= 11 is 7.38. The van der Waals surface area contributed by atoms with Gasteiger partial charge in [0, 0.05) is 15.6 Å². The predicted molar refractivity (Wildman–Crippen MR) is 120 cm³/mol. The first kappa shape index (κ1) is 20.1. The lowest BCUT2D eigenvalue weighted by Gasteiger charge is -2.18. The van der Waals surface area contributed by atoms with Crippen LogP contribution in [0.25, 0.3) is 0 Å². The van der Waals surface area contributed by atoms with Gasteiger partial charge in [-0.1, -0.05) is 59.8 Å². The fourth-order valence-electron chi connectivity index (χ4n) is 3.04. The summed E-state index contributed by atoms with van der Waals surface area (Å²) < 4.78 is 5.37. The van der Waals surface area contributed by atoms with Crippen LogP contribution >= 0.6 is 23.4 Å². The van der Waals surface area contributed by atoms with Crippen LogP contribution in [-0.2, 0) is 9.59 Å². The van der Waals surface area contributed by atoms with Gasteiger partial charge in [0.25, 0.3) is 11.8 Å². The standard InChI is InChI=1S/C23H17ClN2O3S/c1-29-19-13-12-15(24)14-18(19)26-22(27)20(25-16-8-4-2-5-9-16)21(23(26)28)30-17-10-6-3-7-11-17/h2-14,25H,1H3. The molecule has 0 aromatic heterocycles. The van der Waals surface area contributed by atoms with Crippen molar-refractivity contribution in [2.45, 2.75) is 4.90 Å². The van der Waals surface area contributed by atoms with Crippen molar-refractivity contribution in [1.82, 2.24) is 0 Å². The Balaban J connectivity index is 1.78. The van der Waals surface area contributed by atoms with Crippen molar-refractivity contribution in [2.75, 3.05) is 17.3 Å². The number of methoxy groups -OCH3 is 1. The Kier molecular flexibility index (Phi) is 5.79. The van der Waals surface area contributed by atoms with Crippen LogP contribution in [0, 0.1) is 0 Å². The van der Waals surface area contributed by atoms with Crippen LogP contribution in [0.15, 0.2) is 94.4 Å². The third-order valence-electron chi connectivity index (χ3n) is 4.43. The first-order valence-electron chi connectivity index (χ1n) is 9.10. The predicted octanol–water partition coefficient (Wildman–Crippen LogP) is 5.34. The van der Waals surface area contributed by atoms with E-state index in [-0.39, 0.29) is 5.70 Å². The highest BCUT2D eigenvalue weighted by atomic mass is 35.5. The zero-order valence-corrected chi connectivity index (χ0v) is 17.5. The molecule has 2 amide bonds. The summed E-state index contributed by atoms with van der Waals surface area (Å²) in [6, 6.07) is 23.5. The molecule has 150 valence electrons. The molecule has 0 bridgehead atoms. The topological polar surface area (TPSA) is 58.6 Å². The van der Waals surface area contributed by atoms with Gasteiger partial charge in [0.1, 0.15) is 16.4 Å². The van der Waals surface area contributed by atoms with Crippen molar-refractivity contribution in [2.24, 2.45) is 0 Å². The SMILES string of the molecule is COc1ccc(Cl)cc1N1C(=O)C(Nc2ccccc2)=C(Sc2ccccc2)C1=O. The highest BCUT2D eigenvalue weighted by molar-refractivity contribution is 8.04. The van der Waals surface area contributed by atoms with Gasteiger partial charge in [-0.05, 0) is 42.5 Å². The first-order chi connectivity index (χ1) is 14.6. The van der Waals surface area contributed by atoms with Crippen molar-refractivity contribution in [3.63, 3.8) is 0 Å². The summed E-state index contributed by atoms with van der Waals surface area (Å²) in [7, 11) is 1.48. The van der Waals surface area contributed by atoms with E-state index < -0.39 is 11.8 Å². The minimum atomic E-state index is -0.470. The molecule has 1 aliphatic rings. The van der Waals surface area contributed by atoms with Gasteiger partial charge in [-0.25, -0.2) is 4.90 Å². The molecule has 0 saturated carbocycles. The number of ether oxygens (including phenoxy) is 1. The number of thioether (sulfide) groups is 1. The van der Waals surface area contributed by atoms with Gasteiger partial charge < -0.3 is 10.1 Å². The molecule has 1 heterocycles. The number of nitrogens with zero attached hydrogens (tertiary/aromatic N) is 1. The van der Waals surface area contributed by atoms with Crippen LogP contribution in [0.2, 0.25) is 5.02 Å². The quantitative estimate of drug-likeness (QED) is 0.529. The Bertz CT molecular complexity index is 1070. The van der Waals surface area contributed by atoms with E-state index in [0.29, 0.717) is 27.1 Å². The molecule has 5 nitrogen and oxygen atoms in total. The van der Waals surface area contributed by atoms with Crippen molar-refractivity contribution >= 4 is 46.6 Å². The van der Waals surface area contributed by atoms with Crippen LogP contribution in [0.5, 0.6) is 5.75 Å². The molecule has 0 spiro atoms. The number of nitrogens with one attached hydrogen (secondary N) is 1. The molecule has 0 atom stereocenters. The monoisotopic (exact) mass is 436 g/mol. The molecule has 3 aromatic rings. The van der Waals surface area contributed by atoms with Gasteiger partial charge in [-0.15, -0.1) is 0 Å². The fourth-order valence-corrected chi connectivity index (χ4v) is 4.16. The summed E-state index contributed by atoms with van der Waals surface area (Å²) in [6.45, 7) is 0. The molecule has 0 aliphatic carbocycles. The Morgan fingerprint density at radius 3 is 2.23 bits per heavy atom. The third-order valence-corrected chi connectivity index (χ3v) is 5.76. The molecule has 0 saturated heterocycles. The maximum atomic E-state index is 13.4. The van der Waals surface area contributed by atoms with Crippen LogP contribution in [0.1, 0.15) is 0 Å². The molecule has 4 rings (SSSR count). The average molecular weight is 437 g/mol. The summed E-state index contributed by atoms with van der Waals surface area (Å²) in [5.74, 6) is -0.526. The number of amides is 2. The van der Waals surface area contributed by atoms with Gasteiger partial charge in [0.05, 0.1) is 12.8 Å². The zero-order chi connectivity index (χ0) is 21.1. The summed E-state index contributed by atoms with van der Waals surface area (Å²) in [5.41, 5.74) is 1.22. The second-order valence-electron chi connectivity index (χ2n) is 6.37. The van der Waals surface area contributed by atoms with Gasteiger partial charge in [0.2, 0.25) is 0 Å². The Morgan fingerprint density at radius 1 is 0.900 bits per heavy atom. The van der Waals surface area contributed by atoms with Crippen molar-refractivity contribution < 1.29 is 14.3 Å².